The fourth-order valence-corrected chi connectivity index (χ4v) is 2.64. The number of rotatable bonds is 4. The van der Waals surface area contributed by atoms with E-state index in [-0.39, 0.29) is 28.0 Å². The molecule has 0 unspecified atom stereocenters. The van der Waals surface area contributed by atoms with Crippen LogP contribution in [0.1, 0.15) is 13.8 Å². The summed E-state index contributed by atoms with van der Waals surface area (Å²) in [6.45, 7) is 3.20. The number of nitrogens with one attached hydrogen (secondary N) is 1. The minimum Gasteiger partial charge on any atom is -0.511 e. The number of thioether (sulfide) groups is 1. The summed E-state index contributed by atoms with van der Waals surface area (Å²) >= 11 is 6.68. The highest BCUT2D eigenvalue weighted by Crippen LogP contribution is 2.27. The summed E-state index contributed by atoms with van der Waals surface area (Å²) in [6.07, 6.45) is 0. The average Bonchev–Trinajstić information content (AvgIpc) is 2.45. The van der Waals surface area contributed by atoms with Gasteiger partial charge in [-0.05, 0) is 43.8 Å². The molecule has 0 saturated heterocycles. The van der Waals surface area contributed by atoms with Crippen molar-refractivity contribution in [1.82, 2.24) is 9.97 Å². The van der Waals surface area contributed by atoms with Gasteiger partial charge in [-0.15, -0.1) is 0 Å². The van der Waals surface area contributed by atoms with Crippen molar-refractivity contribution in [3.05, 3.63) is 44.2 Å². The molecule has 0 radical (unpaired) electrons. The molecule has 8 heteroatoms. The number of hydrogen-bond acceptors (Lipinski definition) is 6. The molecular weight excluding hydrogens is 328 g/mol. The third-order valence-electron chi connectivity index (χ3n) is 2.63. The van der Waals surface area contributed by atoms with Gasteiger partial charge >= 0.3 is 5.97 Å². The number of allylic oxidation sites excluding steroid dienone is 1. The Balaban J connectivity index is 2.43. The van der Waals surface area contributed by atoms with Crippen LogP contribution in [0.5, 0.6) is 0 Å². The molecule has 0 aliphatic carbocycles. The van der Waals surface area contributed by atoms with Crippen LogP contribution in [-0.4, -0.2) is 27.7 Å². The van der Waals surface area contributed by atoms with Crippen molar-refractivity contribution < 1.29 is 14.6 Å². The van der Waals surface area contributed by atoms with Gasteiger partial charge in [-0.3, -0.25) is 4.79 Å². The first-order valence-electron chi connectivity index (χ1n) is 6.36. The lowest BCUT2D eigenvalue weighted by Gasteiger charge is -2.07. The fraction of sp³-hybridized carbons (Fsp3) is 0.214. The van der Waals surface area contributed by atoms with E-state index >= 15 is 0 Å². The topological polar surface area (TPSA) is 92.3 Å². The van der Waals surface area contributed by atoms with Gasteiger partial charge < -0.3 is 14.8 Å². The second kappa shape index (κ2) is 6.85. The highest BCUT2D eigenvalue weighted by atomic mass is 35.5. The van der Waals surface area contributed by atoms with Crippen LogP contribution in [0.15, 0.2) is 38.8 Å². The molecule has 2 N–H and O–H groups in total. The van der Waals surface area contributed by atoms with E-state index in [1.54, 1.807) is 19.1 Å². The molecule has 0 spiro atoms. The number of benzene rings is 1. The van der Waals surface area contributed by atoms with Crippen LogP contribution in [0.4, 0.5) is 0 Å². The number of ether oxygens (including phenoxy) is 1. The Hall–Kier alpha value is -1.99. The standard InChI is InChI=1S/C14H13ClN2O4S/c1-3-21-13(20)11(7(2)18)22-14-16-10-5-4-8(15)6-9(10)12(19)17-14/h4-6,18H,3H2,1-2H3,(H,16,17,19)/b11-7+. The van der Waals surface area contributed by atoms with Crippen molar-refractivity contribution in [2.75, 3.05) is 6.61 Å². The molecule has 116 valence electrons. The summed E-state index contributed by atoms with van der Waals surface area (Å²) in [6, 6.07) is 4.73. The van der Waals surface area contributed by atoms with Crippen molar-refractivity contribution in [2.45, 2.75) is 19.0 Å². The van der Waals surface area contributed by atoms with Crippen molar-refractivity contribution in [2.24, 2.45) is 0 Å². The molecular formula is C14H13ClN2O4S. The van der Waals surface area contributed by atoms with E-state index in [9.17, 15) is 14.7 Å². The zero-order valence-corrected chi connectivity index (χ0v) is 13.4. The third kappa shape index (κ3) is 3.61. The summed E-state index contributed by atoms with van der Waals surface area (Å²) in [5.41, 5.74) is 0.0586. The number of aromatic amines is 1. The molecule has 6 nitrogen and oxygen atoms in total. The second-order valence-corrected chi connectivity index (χ2v) is 5.71. The van der Waals surface area contributed by atoms with Crippen molar-refractivity contribution in [1.29, 1.82) is 0 Å². The molecule has 0 aliphatic heterocycles. The number of H-pyrrole nitrogens is 1. The number of halogens is 1. The Bertz CT molecular complexity index is 812. The Morgan fingerprint density at radius 2 is 2.23 bits per heavy atom. The minimum atomic E-state index is -0.675. The maximum Gasteiger partial charge on any atom is 0.348 e. The van der Waals surface area contributed by atoms with Gasteiger partial charge in [-0.25, -0.2) is 9.78 Å². The van der Waals surface area contributed by atoms with Gasteiger partial charge in [0.05, 0.1) is 17.5 Å². The minimum absolute atomic E-state index is 0.0293. The van der Waals surface area contributed by atoms with Crippen LogP contribution < -0.4 is 5.56 Å². The first-order chi connectivity index (χ1) is 10.4. The van der Waals surface area contributed by atoms with E-state index in [0.717, 1.165) is 11.8 Å². The second-order valence-electron chi connectivity index (χ2n) is 4.27. The molecule has 0 saturated carbocycles. The average molecular weight is 341 g/mol. The highest BCUT2D eigenvalue weighted by Gasteiger charge is 2.18. The highest BCUT2D eigenvalue weighted by molar-refractivity contribution is 8.03. The van der Waals surface area contributed by atoms with Crippen LogP contribution in [-0.2, 0) is 9.53 Å². The SMILES string of the molecule is CCOC(=O)/C(Sc1nc2ccc(Cl)cc2c(=O)[nH]1)=C(/C)O. The Labute approximate surface area is 135 Å². The number of carbonyl (C=O) groups excluding carboxylic acids is 1. The number of nitrogens with zero attached hydrogens (tertiary/aromatic N) is 1. The zero-order valence-electron chi connectivity index (χ0n) is 11.8. The number of aromatic nitrogens is 2. The first-order valence-corrected chi connectivity index (χ1v) is 7.56. The maximum atomic E-state index is 12.0. The van der Waals surface area contributed by atoms with Crippen molar-refractivity contribution in [3.63, 3.8) is 0 Å². The smallest absolute Gasteiger partial charge is 0.348 e. The van der Waals surface area contributed by atoms with Gasteiger partial charge in [0.1, 0.15) is 10.7 Å². The lowest BCUT2D eigenvalue weighted by atomic mass is 10.2. The Kier molecular flexibility index (Phi) is 5.10. The number of aliphatic hydroxyl groups excluding tert-OH is 1. The third-order valence-corrected chi connectivity index (χ3v) is 3.92. The fourth-order valence-electron chi connectivity index (χ4n) is 1.69. The van der Waals surface area contributed by atoms with Gasteiger partial charge in [-0.1, -0.05) is 11.6 Å². The first kappa shape index (κ1) is 16.4. The number of esters is 1. The normalized spacial score (nSPS) is 12.1. The Morgan fingerprint density at radius 3 is 2.86 bits per heavy atom. The van der Waals surface area contributed by atoms with Gasteiger partial charge in [-0.2, -0.15) is 0 Å². The molecule has 2 rings (SSSR count). The van der Waals surface area contributed by atoms with E-state index < -0.39 is 5.97 Å². The lowest BCUT2D eigenvalue weighted by molar-refractivity contribution is -0.137. The van der Waals surface area contributed by atoms with Crippen LogP contribution in [0.2, 0.25) is 5.02 Å². The van der Waals surface area contributed by atoms with Gasteiger partial charge in [0, 0.05) is 5.02 Å². The summed E-state index contributed by atoms with van der Waals surface area (Å²) < 4.78 is 4.86. The van der Waals surface area contributed by atoms with E-state index in [1.807, 2.05) is 0 Å². The van der Waals surface area contributed by atoms with E-state index in [2.05, 4.69) is 9.97 Å². The number of carbonyl (C=O) groups is 1. The van der Waals surface area contributed by atoms with E-state index in [1.165, 1.54) is 13.0 Å². The molecule has 2 aromatic rings. The largest absolute Gasteiger partial charge is 0.511 e. The summed E-state index contributed by atoms with van der Waals surface area (Å²) in [5.74, 6) is -0.881. The monoisotopic (exact) mass is 340 g/mol. The molecule has 22 heavy (non-hydrogen) atoms. The molecule has 0 atom stereocenters. The predicted octanol–water partition coefficient (Wildman–Crippen LogP) is 3.02. The molecule has 0 fully saturated rings. The number of hydrogen-bond donors (Lipinski definition) is 2. The van der Waals surface area contributed by atoms with Crippen molar-refractivity contribution >= 4 is 40.2 Å². The van der Waals surface area contributed by atoms with Gasteiger partial charge in [0.15, 0.2) is 5.16 Å². The molecule has 1 aromatic carbocycles. The quantitative estimate of drug-likeness (QED) is 0.292. The van der Waals surface area contributed by atoms with E-state index in [4.69, 9.17) is 16.3 Å². The maximum absolute atomic E-state index is 12.0. The summed E-state index contributed by atoms with van der Waals surface area (Å²) in [7, 11) is 0. The van der Waals surface area contributed by atoms with Gasteiger partial charge in [0.25, 0.3) is 5.56 Å². The van der Waals surface area contributed by atoms with Crippen molar-refractivity contribution in [3.8, 4) is 0 Å². The predicted molar refractivity (Wildman–Crippen MR) is 85.2 cm³/mol. The lowest BCUT2D eigenvalue weighted by Crippen LogP contribution is -2.11. The number of fused-ring (bicyclic) bond motifs is 1. The molecule has 0 bridgehead atoms. The molecule has 0 aliphatic rings. The van der Waals surface area contributed by atoms with Gasteiger partial charge in [0.2, 0.25) is 0 Å². The van der Waals surface area contributed by atoms with Crippen LogP contribution >= 0.6 is 23.4 Å². The number of aliphatic hydroxyl groups is 1. The summed E-state index contributed by atoms with van der Waals surface area (Å²) in [4.78, 5) is 30.6. The van der Waals surface area contributed by atoms with Crippen LogP contribution in [0.3, 0.4) is 0 Å². The van der Waals surface area contributed by atoms with Crippen LogP contribution in [0.25, 0.3) is 10.9 Å². The zero-order chi connectivity index (χ0) is 16.3. The Morgan fingerprint density at radius 1 is 1.50 bits per heavy atom. The van der Waals surface area contributed by atoms with Crippen LogP contribution in [0, 0.1) is 0 Å². The molecule has 0 amide bonds. The summed E-state index contributed by atoms with van der Waals surface area (Å²) in [5, 5.41) is 10.6. The molecule has 1 heterocycles. The molecule has 1 aromatic heterocycles. The van der Waals surface area contributed by atoms with E-state index in [0.29, 0.717) is 15.9 Å².